The Morgan fingerprint density at radius 1 is 1.12 bits per heavy atom. The van der Waals surface area contributed by atoms with Crippen LogP contribution in [-0.4, -0.2) is 40.9 Å². The van der Waals surface area contributed by atoms with Crippen LogP contribution in [0.15, 0.2) is 0 Å². The number of carbonyl (C=O) groups excluding carboxylic acids is 1. The Balaban J connectivity index is 0.00000126. The summed E-state index contributed by atoms with van der Waals surface area (Å²) in [5.74, 6) is 3.82. The fourth-order valence-electron chi connectivity index (χ4n) is 9.47. The molecule has 1 saturated heterocycles. The van der Waals surface area contributed by atoms with Crippen LogP contribution in [0.25, 0.3) is 0 Å². The zero-order valence-corrected chi connectivity index (χ0v) is 22.1. The highest BCUT2D eigenvalue weighted by atomic mass is 16.5. The van der Waals surface area contributed by atoms with Crippen LogP contribution in [0.3, 0.4) is 0 Å². The van der Waals surface area contributed by atoms with Gasteiger partial charge in [-0.1, -0.05) is 41.5 Å². The number of hydrogen-bond acceptors (Lipinski definition) is 4. The van der Waals surface area contributed by atoms with E-state index >= 15 is 0 Å². The monoisotopic (exact) mass is 462 g/mol. The van der Waals surface area contributed by atoms with Gasteiger partial charge in [0.2, 0.25) is 0 Å². The standard InChI is InChI=1S/C27H44O4.C2H6/c1-15(14-28)5-8-22-16(2)25-23(31-22)12-21-19-7-6-17-11-18(29)9-10-26(17,3)20(19)13-24(30)27(21,25)4;1-2/h15-23,25,28-29H,5-14H2,1-4H3;1-2H3/t15-,16-,17?,18?,19?,20?,21?,22?,23?,25?,26?,27?;/m1./s1. The number of ketones is 1. The number of hydrogen-bond donors (Lipinski definition) is 2. The third-order valence-corrected chi connectivity index (χ3v) is 11.3. The van der Waals surface area contributed by atoms with E-state index in [4.69, 9.17) is 4.74 Å². The predicted octanol–water partition coefficient (Wildman–Crippen LogP) is 5.63. The number of Topliss-reactive ketones (excluding diaryl/α,β-unsaturated/α-hetero) is 1. The van der Waals surface area contributed by atoms with Crippen LogP contribution < -0.4 is 0 Å². The molecular weight excluding hydrogens is 412 g/mol. The number of aliphatic hydroxyl groups is 2. The number of aliphatic hydroxyl groups excluding tert-OH is 2. The summed E-state index contributed by atoms with van der Waals surface area (Å²) in [7, 11) is 0. The first-order valence-electron chi connectivity index (χ1n) is 14.2. The Hall–Kier alpha value is -0.450. The lowest BCUT2D eigenvalue weighted by Crippen LogP contribution is -2.57. The van der Waals surface area contributed by atoms with Crippen molar-refractivity contribution in [1.82, 2.24) is 0 Å². The molecule has 190 valence electrons. The SMILES string of the molecule is CC.C[C@@H](CO)CCC1OC2CC3C4CCC5CC(O)CCC5(C)C4CC(=O)C3(C)C2[C@@H]1C. The minimum Gasteiger partial charge on any atom is -0.396 e. The quantitative estimate of drug-likeness (QED) is 0.568. The first kappa shape index (κ1) is 25.6. The summed E-state index contributed by atoms with van der Waals surface area (Å²) in [6, 6.07) is 0. The Morgan fingerprint density at radius 3 is 2.55 bits per heavy atom. The molecule has 2 N–H and O–H groups in total. The Kier molecular flexibility index (Phi) is 7.41. The van der Waals surface area contributed by atoms with E-state index < -0.39 is 0 Å². The zero-order valence-electron chi connectivity index (χ0n) is 22.1. The highest BCUT2D eigenvalue weighted by molar-refractivity contribution is 5.87. The van der Waals surface area contributed by atoms with Crippen molar-refractivity contribution >= 4 is 5.78 Å². The van der Waals surface area contributed by atoms with Crippen LogP contribution in [0.1, 0.15) is 99.3 Å². The van der Waals surface area contributed by atoms with E-state index in [0.29, 0.717) is 47.2 Å². The smallest absolute Gasteiger partial charge is 0.139 e. The van der Waals surface area contributed by atoms with E-state index in [9.17, 15) is 15.0 Å². The number of rotatable bonds is 4. The molecule has 4 saturated carbocycles. The molecule has 0 bridgehead atoms. The first-order valence-corrected chi connectivity index (χ1v) is 14.2. The van der Waals surface area contributed by atoms with E-state index in [0.717, 1.165) is 44.9 Å². The minimum atomic E-state index is -0.222. The fourth-order valence-corrected chi connectivity index (χ4v) is 9.47. The lowest BCUT2D eigenvalue weighted by atomic mass is 9.44. The molecule has 5 aliphatic rings. The number of carbonyl (C=O) groups is 1. The van der Waals surface area contributed by atoms with Gasteiger partial charge in [0.1, 0.15) is 5.78 Å². The minimum absolute atomic E-state index is 0.134. The van der Waals surface area contributed by atoms with Crippen molar-refractivity contribution in [1.29, 1.82) is 0 Å². The van der Waals surface area contributed by atoms with Gasteiger partial charge >= 0.3 is 0 Å². The fraction of sp³-hybridized carbons (Fsp3) is 0.966. The summed E-state index contributed by atoms with van der Waals surface area (Å²) in [5, 5.41) is 19.7. The van der Waals surface area contributed by atoms with Crippen LogP contribution in [0.2, 0.25) is 0 Å². The van der Waals surface area contributed by atoms with Gasteiger partial charge in [-0.3, -0.25) is 4.79 Å². The van der Waals surface area contributed by atoms with Crippen molar-refractivity contribution in [2.75, 3.05) is 6.61 Å². The average molecular weight is 463 g/mol. The van der Waals surface area contributed by atoms with Crippen molar-refractivity contribution < 1.29 is 19.7 Å². The molecule has 4 heteroatoms. The lowest BCUT2D eigenvalue weighted by molar-refractivity contribution is -0.160. The molecule has 5 rings (SSSR count). The normalized spacial score (nSPS) is 51.5. The van der Waals surface area contributed by atoms with Gasteiger partial charge in [-0.05, 0) is 92.3 Å². The van der Waals surface area contributed by atoms with Crippen molar-refractivity contribution in [3.63, 3.8) is 0 Å². The molecule has 12 atom stereocenters. The van der Waals surface area contributed by atoms with Crippen molar-refractivity contribution in [3.8, 4) is 0 Å². The van der Waals surface area contributed by atoms with Gasteiger partial charge in [-0.2, -0.15) is 0 Å². The second kappa shape index (κ2) is 9.54. The van der Waals surface area contributed by atoms with E-state index in [1.54, 1.807) is 0 Å². The van der Waals surface area contributed by atoms with Gasteiger partial charge in [0.05, 0.1) is 18.3 Å². The third kappa shape index (κ3) is 3.95. The molecule has 0 radical (unpaired) electrons. The van der Waals surface area contributed by atoms with Crippen molar-refractivity contribution in [3.05, 3.63) is 0 Å². The summed E-state index contributed by atoms with van der Waals surface area (Å²) in [6.45, 7) is 13.4. The second-order valence-corrected chi connectivity index (χ2v) is 12.7. The predicted molar refractivity (Wildman–Crippen MR) is 132 cm³/mol. The molecule has 0 amide bonds. The van der Waals surface area contributed by atoms with Gasteiger partial charge in [-0.25, -0.2) is 0 Å². The topological polar surface area (TPSA) is 66.8 Å². The van der Waals surface area contributed by atoms with E-state index in [1.807, 2.05) is 13.8 Å². The highest BCUT2D eigenvalue weighted by Gasteiger charge is 2.68. The van der Waals surface area contributed by atoms with Crippen LogP contribution in [0, 0.1) is 52.3 Å². The maximum absolute atomic E-state index is 13.9. The van der Waals surface area contributed by atoms with E-state index in [-0.39, 0.29) is 35.7 Å². The maximum Gasteiger partial charge on any atom is 0.139 e. The lowest BCUT2D eigenvalue weighted by Gasteiger charge is -2.60. The molecule has 10 unspecified atom stereocenters. The van der Waals surface area contributed by atoms with Crippen LogP contribution in [0.5, 0.6) is 0 Å². The number of fused-ring (bicyclic) bond motifs is 7. The summed E-state index contributed by atoms with van der Waals surface area (Å²) < 4.78 is 6.66. The number of ether oxygens (including phenoxy) is 1. The highest BCUT2D eigenvalue weighted by Crippen LogP contribution is 2.69. The molecule has 0 aromatic carbocycles. The Morgan fingerprint density at radius 2 is 1.85 bits per heavy atom. The molecule has 0 aromatic rings. The van der Waals surface area contributed by atoms with E-state index in [2.05, 4.69) is 27.7 Å². The summed E-state index contributed by atoms with van der Waals surface area (Å²) >= 11 is 0. The van der Waals surface area contributed by atoms with Gasteiger partial charge in [-0.15, -0.1) is 0 Å². The molecule has 5 fully saturated rings. The second-order valence-electron chi connectivity index (χ2n) is 12.7. The van der Waals surface area contributed by atoms with Crippen LogP contribution >= 0.6 is 0 Å². The van der Waals surface area contributed by atoms with Gasteiger partial charge < -0.3 is 14.9 Å². The van der Waals surface area contributed by atoms with E-state index in [1.165, 1.54) is 12.8 Å². The van der Waals surface area contributed by atoms with Crippen LogP contribution in [0.4, 0.5) is 0 Å². The maximum atomic E-state index is 13.9. The largest absolute Gasteiger partial charge is 0.396 e. The Labute approximate surface area is 202 Å². The molecule has 1 heterocycles. The third-order valence-electron chi connectivity index (χ3n) is 11.3. The molecule has 0 aromatic heterocycles. The Bertz CT molecular complexity index is 708. The van der Waals surface area contributed by atoms with Crippen molar-refractivity contribution in [2.45, 2.75) is 118 Å². The van der Waals surface area contributed by atoms with Gasteiger partial charge in [0, 0.05) is 24.4 Å². The summed E-state index contributed by atoms with van der Waals surface area (Å²) in [4.78, 5) is 13.9. The molecule has 33 heavy (non-hydrogen) atoms. The average Bonchev–Trinajstić information content (AvgIpc) is 3.29. The molecule has 1 aliphatic heterocycles. The van der Waals surface area contributed by atoms with Gasteiger partial charge in [0.25, 0.3) is 0 Å². The van der Waals surface area contributed by atoms with Gasteiger partial charge in [0.15, 0.2) is 0 Å². The van der Waals surface area contributed by atoms with Crippen LogP contribution in [-0.2, 0) is 9.53 Å². The first-order chi connectivity index (χ1) is 15.7. The molecular formula is C29H50O4. The molecule has 4 nitrogen and oxygen atoms in total. The zero-order chi connectivity index (χ0) is 24.1. The molecule has 0 spiro atoms. The summed E-state index contributed by atoms with van der Waals surface area (Å²) in [6.07, 6.45) is 9.54. The molecule has 4 aliphatic carbocycles. The van der Waals surface area contributed by atoms with Crippen molar-refractivity contribution in [2.24, 2.45) is 52.3 Å². The summed E-state index contributed by atoms with van der Waals surface area (Å²) in [5.41, 5.74) is 0.00620.